The highest BCUT2D eigenvalue weighted by molar-refractivity contribution is 7.92. The van der Waals surface area contributed by atoms with Gasteiger partial charge in [-0.2, -0.15) is 0 Å². The quantitative estimate of drug-likeness (QED) is 0.667. The fourth-order valence-corrected chi connectivity index (χ4v) is 4.35. The van der Waals surface area contributed by atoms with Gasteiger partial charge in [-0.25, -0.2) is 13.1 Å². The lowest BCUT2D eigenvalue weighted by atomic mass is 10.1. The average Bonchev–Trinajstić information content (AvgIpc) is 3.28. The highest BCUT2D eigenvalue weighted by Crippen LogP contribution is 2.25. The van der Waals surface area contributed by atoms with Crippen LogP contribution in [0.4, 0.5) is 5.69 Å². The summed E-state index contributed by atoms with van der Waals surface area (Å²) >= 11 is 0. The van der Waals surface area contributed by atoms with E-state index in [0.29, 0.717) is 6.54 Å². The number of carbonyl (C=O) groups excluding carboxylic acids is 1. The minimum atomic E-state index is -3.59. The van der Waals surface area contributed by atoms with E-state index in [-0.39, 0.29) is 18.9 Å². The Morgan fingerprint density at radius 3 is 2.47 bits per heavy atom. The number of para-hydroxylation sites is 1. The van der Waals surface area contributed by atoms with Crippen LogP contribution >= 0.6 is 0 Å². The number of nitrogens with zero attached hydrogens (tertiary/aromatic N) is 2. The molecule has 1 fully saturated rings. The Morgan fingerprint density at radius 1 is 1.07 bits per heavy atom. The Balaban J connectivity index is 1.50. The van der Waals surface area contributed by atoms with E-state index in [2.05, 4.69) is 21.8 Å². The molecule has 1 aliphatic heterocycles. The summed E-state index contributed by atoms with van der Waals surface area (Å²) in [6.07, 6.45) is 4.04. The number of hydrogen-bond donors (Lipinski definition) is 1. The number of sulfonamides is 1. The summed E-state index contributed by atoms with van der Waals surface area (Å²) in [5.41, 5.74) is 3.10. The highest BCUT2D eigenvalue weighted by Gasteiger charge is 2.18. The van der Waals surface area contributed by atoms with Crippen LogP contribution in [0.25, 0.3) is 6.08 Å². The Kier molecular flexibility index (Phi) is 7.65. The van der Waals surface area contributed by atoms with Crippen molar-refractivity contribution < 1.29 is 13.2 Å². The Hall–Kier alpha value is -2.64. The lowest BCUT2D eigenvalue weighted by Gasteiger charge is -2.24. The number of anilines is 1. The smallest absolute Gasteiger partial charge is 0.233 e. The van der Waals surface area contributed by atoms with Gasteiger partial charge in [-0.1, -0.05) is 48.5 Å². The first-order chi connectivity index (χ1) is 14.4. The molecular weight excluding hydrogens is 398 g/mol. The molecule has 0 saturated carbocycles. The fourth-order valence-electron chi connectivity index (χ4n) is 3.53. The van der Waals surface area contributed by atoms with E-state index < -0.39 is 10.0 Å². The first-order valence-electron chi connectivity index (χ1n) is 10.2. The molecule has 0 unspecified atom stereocenters. The molecule has 0 spiro atoms. The summed E-state index contributed by atoms with van der Waals surface area (Å²) in [6, 6.07) is 17.4. The average molecular weight is 428 g/mol. The molecule has 7 heteroatoms. The maximum Gasteiger partial charge on any atom is 0.233 e. The van der Waals surface area contributed by atoms with Crippen LogP contribution < -0.4 is 9.62 Å². The third-order valence-corrected chi connectivity index (χ3v) is 6.25. The highest BCUT2D eigenvalue weighted by atomic mass is 32.2. The van der Waals surface area contributed by atoms with Crippen LogP contribution in [0.2, 0.25) is 0 Å². The van der Waals surface area contributed by atoms with E-state index in [0.717, 1.165) is 29.6 Å². The first kappa shape index (κ1) is 22.1. The molecule has 1 amide bonds. The van der Waals surface area contributed by atoms with Crippen LogP contribution in [0.1, 0.15) is 30.4 Å². The van der Waals surface area contributed by atoms with Crippen molar-refractivity contribution in [1.29, 1.82) is 0 Å². The fraction of sp³-hybridized carbons (Fsp3) is 0.348. The normalized spacial score (nSPS) is 14.4. The topological polar surface area (TPSA) is 69.7 Å². The number of carbonyl (C=O) groups is 1. The van der Waals surface area contributed by atoms with Crippen molar-refractivity contribution in [2.45, 2.75) is 25.8 Å². The molecule has 0 aromatic heterocycles. The standard InChI is InChI=1S/C23H29N3O3S/c1-25(19-21-11-5-6-12-22(21)26-16-7-8-17-26)23(27)13-15-24-30(28,29)18-14-20-9-3-2-4-10-20/h2-6,9-12,14,18,24H,7-8,13,15-17,19H2,1H3/b18-14+. The van der Waals surface area contributed by atoms with E-state index in [1.165, 1.54) is 24.6 Å². The Bertz CT molecular complexity index is 968. The van der Waals surface area contributed by atoms with Crippen LogP contribution in [0.5, 0.6) is 0 Å². The van der Waals surface area contributed by atoms with Gasteiger partial charge >= 0.3 is 0 Å². The van der Waals surface area contributed by atoms with Crippen molar-refractivity contribution >= 4 is 27.7 Å². The maximum absolute atomic E-state index is 12.5. The predicted octanol–water partition coefficient (Wildman–Crippen LogP) is 3.23. The van der Waals surface area contributed by atoms with Crippen LogP contribution in [-0.4, -0.2) is 45.9 Å². The molecule has 2 aromatic carbocycles. The number of hydrogen-bond acceptors (Lipinski definition) is 4. The van der Waals surface area contributed by atoms with Crippen molar-refractivity contribution in [3.05, 3.63) is 71.1 Å². The molecule has 0 radical (unpaired) electrons. The Morgan fingerprint density at radius 2 is 1.73 bits per heavy atom. The van der Waals surface area contributed by atoms with E-state index in [4.69, 9.17) is 0 Å². The SMILES string of the molecule is CN(Cc1ccccc1N1CCCC1)C(=O)CCNS(=O)(=O)/C=C/c1ccccc1. The van der Waals surface area contributed by atoms with Gasteiger partial charge < -0.3 is 9.80 Å². The van der Waals surface area contributed by atoms with Gasteiger partial charge in [0.15, 0.2) is 0 Å². The number of benzene rings is 2. The zero-order valence-electron chi connectivity index (χ0n) is 17.3. The van der Waals surface area contributed by atoms with Crippen molar-refractivity contribution in [2.24, 2.45) is 0 Å². The molecular formula is C23H29N3O3S. The molecule has 6 nitrogen and oxygen atoms in total. The van der Waals surface area contributed by atoms with Crippen molar-refractivity contribution in [2.75, 3.05) is 31.6 Å². The minimum Gasteiger partial charge on any atom is -0.371 e. The van der Waals surface area contributed by atoms with Gasteiger partial charge in [0.2, 0.25) is 15.9 Å². The third kappa shape index (κ3) is 6.43. The number of amides is 1. The molecule has 3 rings (SSSR count). The molecule has 2 aromatic rings. The first-order valence-corrected chi connectivity index (χ1v) is 11.8. The van der Waals surface area contributed by atoms with Gasteiger partial charge in [0.25, 0.3) is 0 Å². The minimum absolute atomic E-state index is 0.0679. The maximum atomic E-state index is 12.5. The van der Waals surface area contributed by atoms with Crippen LogP contribution in [-0.2, 0) is 21.4 Å². The molecule has 1 aliphatic rings. The second-order valence-electron chi connectivity index (χ2n) is 7.48. The van der Waals surface area contributed by atoms with Crippen molar-refractivity contribution in [3.63, 3.8) is 0 Å². The van der Waals surface area contributed by atoms with Gasteiger partial charge in [-0.3, -0.25) is 4.79 Å². The molecule has 30 heavy (non-hydrogen) atoms. The number of rotatable bonds is 9. The van der Waals surface area contributed by atoms with Gasteiger partial charge in [-0.15, -0.1) is 0 Å². The van der Waals surface area contributed by atoms with E-state index >= 15 is 0 Å². The lowest BCUT2D eigenvalue weighted by molar-refractivity contribution is -0.130. The summed E-state index contributed by atoms with van der Waals surface area (Å²) in [7, 11) is -1.83. The zero-order chi connectivity index (χ0) is 21.4. The molecule has 0 bridgehead atoms. The summed E-state index contributed by atoms with van der Waals surface area (Å²) in [6.45, 7) is 2.67. The monoisotopic (exact) mass is 427 g/mol. The third-order valence-electron chi connectivity index (χ3n) is 5.15. The molecule has 0 atom stereocenters. The summed E-state index contributed by atoms with van der Waals surface area (Å²) < 4.78 is 26.7. The number of nitrogens with one attached hydrogen (secondary N) is 1. The Labute approximate surface area is 179 Å². The van der Waals surface area contributed by atoms with E-state index in [1.54, 1.807) is 11.9 Å². The second kappa shape index (κ2) is 10.4. The molecule has 0 aliphatic carbocycles. The van der Waals surface area contributed by atoms with Crippen molar-refractivity contribution in [3.8, 4) is 0 Å². The molecule has 1 N–H and O–H groups in total. The molecule has 160 valence electrons. The predicted molar refractivity (Wildman–Crippen MR) is 121 cm³/mol. The summed E-state index contributed by atoms with van der Waals surface area (Å²) in [5.74, 6) is -0.0963. The van der Waals surface area contributed by atoms with Crippen LogP contribution in [0, 0.1) is 0 Å². The largest absolute Gasteiger partial charge is 0.371 e. The lowest BCUT2D eigenvalue weighted by Crippen LogP contribution is -2.31. The van der Waals surface area contributed by atoms with E-state index in [1.807, 2.05) is 42.5 Å². The van der Waals surface area contributed by atoms with Crippen molar-refractivity contribution in [1.82, 2.24) is 9.62 Å². The zero-order valence-corrected chi connectivity index (χ0v) is 18.1. The van der Waals surface area contributed by atoms with Gasteiger partial charge in [-0.05, 0) is 36.1 Å². The van der Waals surface area contributed by atoms with Gasteiger partial charge in [0.1, 0.15) is 0 Å². The van der Waals surface area contributed by atoms with Crippen LogP contribution in [0.3, 0.4) is 0 Å². The molecule has 1 heterocycles. The summed E-state index contributed by atoms with van der Waals surface area (Å²) in [5, 5.41) is 1.13. The molecule has 1 saturated heterocycles. The van der Waals surface area contributed by atoms with Gasteiger partial charge in [0.05, 0.1) is 0 Å². The van der Waals surface area contributed by atoms with Gasteiger partial charge in [0, 0.05) is 50.7 Å². The van der Waals surface area contributed by atoms with E-state index in [9.17, 15) is 13.2 Å². The second-order valence-corrected chi connectivity index (χ2v) is 9.13. The summed E-state index contributed by atoms with van der Waals surface area (Å²) in [4.78, 5) is 16.5. The van der Waals surface area contributed by atoms with Crippen LogP contribution in [0.15, 0.2) is 60.0 Å².